The van der Waals surface area contributed by atoms with Crippen LogP contribution in [0.4, 0.5) is 5.69 Å². The number of amides is 1. The third kappa shape index (κ3) is 4.47. The molecule has 0 unspecified atom stereocenters. The normalized spacial score (nSPS) is 14.5. The maximum absolute atomic E-state index is 13.7. The molecular formula is C29H27ClN2O5. The molecule has 0 fully saturated rings. The van der Waals surface area contributed by atoms with Crippen molar-refractivity contribution in [1.29, 1.82) is 0 Å². The van der Waals surface area contributed by atoms with E-state index in [1.807, 2.05) is 49.6 Å². The molecule has 0 saturated heterocycles. The van der Waals surface area contributed by atoms with Crippen LogP contribution in [0, 0.1) is 20.8 Å². The first-order valence-corrected chi connectivity index (χ1v) is 12.0. The van der Waals surface area contributed by atoms with Crippen molar-refractivity contribution < 1.29 is 23.9 Å². The molecule has 0 aliphatic carbocycles. The average Bonchev–Trinajstić information content (AvgIpc) is 3.30. The maximum Gasteiger partial charge on any atom is 0.340 e. The molecular weight excluding hydrogens is 492 g/mol. The third-order valence-electron chi connectivity index (χ3n) is 6.52. The Labute approximate surface area is 220 Å². The lowest BCUT2D eigenvalue weighted by Gasteiger charge is -2.18. The lowest BCUT2D eigenvalue weighted by molar-refractivity contribution is -0.136. The second kappa shape index (κ2) is 10.1. The maximum atomic E-state index is 13.7. The van der Waals surface area contributed by atoms with Crippen LogP contribution < -0.4 is 4.90 Å². The lowest BCUT2D eigenvalue weighted by Crippen LogP contribution is -2.24. The number of rotatable bonds is 5. The molecule has 4 rings (SSSR count). The number of benzene rings is 2. The van der Waals surface area contributed by atoms with Crippen molar-refractivity contribution in [2.75, 3.05) is 19.1 Å². The predicted octanol–water partition coefficient (Wildman–Crippen LogP) is 5.72. The number of halogens is 1. The van der Waals surface area contributed by atoms with E-state index in [-0.39, 0.29) is 17.1 Å². The fraction of sp³-hybridized carbons (Fsp3) is 0.207. The number of hydrogen-bond acceptors (Lipinski definition) is 5. The largest absolute Gasteiger partial charge is 0.465 e. The Hall–Kier alpha value is -4.10. The molecule has 0 saturated carbocycles. The van der Waals surface area contributed by atoms with Crippen molar-refractivity contribution in [3.63, 3.8) is 0 Å². The molecule has 2 aromatic carbocycles. The first kappa shape index (κ1) is 26.0. The highest BCUT2D eigenvalue weighted by atomic mass is 35.5. The van der Waals surface area contributed by atoms with Crippen molar-refractivity contribution in [2.45, 2.75) is 27.7 Å². The van der Waals surface area contributed by atoms with E-state index in [0.29, 0.717) is 27.7 Å². The van der Waals surface area contributed by atoms with Gasteiger partial charge in [-0.25, -0.2) is 9.59 Å². The lowest BCUT2D eigenvalue weighted by atomic mass is 10.0. The number of carbonyl (C=O) groups is 3. The average molecular weight is 519 g/mol. The van der Waals surface area contributed by atoms with Gasteiger partial charge in [-0.2, -0.15) is 0 Å². The molecule has 8 heteroatoms. The number of allylic oxidation sites excluding steroid dienone is 1. The summed E-state index contributed by atoms with van der Waals surface area (Å²) in [5, 5.41) is 0.517. The van der Waals surface area contributed by atoms with Gasteiger partial charge in [0, 0.05) is 22.1 Å². The van der Waals surface area contributed by atoms with Gasteiger partial charge in [0.05, 0.1) is 42.3 Å². The zero-order valence-electron chi connectivity index (χ0n) is 21.5. The number of hydrogen-bond donors (Lipinski definition) is 0. The predicted molar refractivity (Wildman–Crippen MR) is 143 cm³/mol. The summed E-state index contributed by atoms with van der Waals surface area (Å²) in [7, 11) is 2.62. The van der Waals surface area contributed by atoms with Gasteiger partial charge in [0.1, 0.15) is 0 Å². The van der Waals surface area contributed by atoms with Gasteiger partial charge in [0.2, 0.25) is 0 Å². The second-order valence-corrected chi connectivity index (χ2v) is 9.16. The molecule has 2 heterocycles. The molecule has 0 spiro atoms. The number of nitrogens with zero attached hydrogens (tertiary/aromatic N) is 2. The van der Waals surface area contributed by atoms with Crippen LogP contribution >= 0.6 is 11.6 Å². The summed E-state index contributed by atoms with van der Waals surface area (Å²) in [5.41, 5.74) is 5.70. The van der Waals surface area contributed by atoms with Gasteiger partial charge in [-0.1, -0.05) is 29.8 Å². The van der Waals surface area contributed by atoms with Gasteiger partial charge < -0.3 is 14.0 Å². The summed E-state index contributed by atoms with van der Waals surface area (Å²) in [6.45, 7) is 7.37. The fourth-order valence-electron chi connectivity index (χ4n) is 4.62. The van der Waals surface area contributed by atoms with Crippen LogP contribution in [-0.2, 0) is 19.1 Å². The van der Waals surface area contributed by atoms with Gasteiger partial charge in [0.15, 0.2) is 0 Å². The van der Waals surface area contributed by atoms with Crippen LogP contribution in [0.1, 0.15) is 39.8 Å². The number of anilines is 1. The number of aryl methyl sites for hydroxylation is 2. The Kier molecular flexibility index (Phi) is 7.09. The molecule has 7 nitrogen and oxygen atoms in total. The van der Waals surface area contributed by atoms with E-state index in [1.165, 1.54) is 19.1 Å². The molecule has 37 heavy (non-hydrogen) atoms. The van der Waals surface area contributed by atoms with E-state index < -0.39 is 11.9 Å². The Balaban J connectivity index is 1.87. The smallest absolute Gasteiger partial charge is 0.340 e. The number of para-hydroxylation sites is 1. The van der Waals surface area contributed by atoms with Crippen molar-refractivity contribution in [3.8, 4) is 5.69 Å². The number of aromatic nitrogens is 1. The van der Waals surface area contributed by atoms with E-state index in [9.17, 15) is 14.4 Å². The molecule has 3 aromatic rings. The van der Waals surface area contributed by atoms with Gasteiger partial charge in [-0.05, 0) is 75.2 Å². The highest BCUT2D eigenvalue weighted by Gasteiger charge is 2.38. The van der Waals surface area contributed by atoms with Crippen LogP contribution in [0.3, 0.4) is 0 Å². The molecule has 0 atom stereocenters. The van der Waals surface area contributed by atoms with Crippen molar-refractivity contribution in [1.82, 2.24) is 4.57 Å². The summed E-state index contributed by atoms with van der Waals surface area (Å²) in [4.78, 5) is 40.4. The Morgan fingerprint density at radius 2 is 1.59 bits per heavy atom. The van der Waals surface area contributed by atoms with Crippen LogP contribution in [0.15, 0.2) is 65.4 Å². The SMILES string of the molecule is COC(=O)C1=C(C)N(c2ccc(C)c(Cl)c2)C(=O)/C1=C\c1cc(C)n(-c2ccccc2C(=O)OC)c1C. The summed E-state index contributed by atoms with van der Waals surface area (Å²) in [6, 6.07) is 14.4. The van der Waals surface area contributed by atoms with Crippen LogP contribution in [-0.4, -0.2) is 36.6 Å². The quantitative estimate of drug-likeness (QED) is 0.319. The third-order valence-corrected chi connectivity index (χ3v) is 6.93. The number of ether oxygens (including phenoxy) is 2. The second-order valence-electron chi connectivity index (χ2n) is 8.75. The molecule has 190 valence electrons. The first-order chi connectivity index (χ1) is 17.6. The molecule has 1 amide bonds. The van der Waals surface area contributed by atoms with Gasteiger partial charge in [0.25, 0.3) is 5.91 Å². The molecule has 0 radical (unpaired) electrons. The molecule has 1 aromatic heterocycles. The number of esters is 2. The van der Waals surface area contributed by atoms with Crippen LogP contribution in [0.5, 0.6) is 0 Å². The fourth-order valence-corrected chi connectivity index (χ4v) is 4.80. The summed E-state index contributed by atoms with van der Waals surface area (Å²) in [6.07, 6.45) is 1.69. The summed E-state index contributed by atoms with van der Waals surface area (Å²) >= 11 is 6.33. The Morgan fingerprint density at radius 3 is 2.24 bits per heavy atom. The summed E-state index contributed by atoms with van der Waals surface area (Å²) in [5.74, 6) is -1.42. The standard InChI is InChI=1S/C29H27ClN2O5/c1-16-11-12-21(15-24(16)30)32-19(4)26(29(35)37-6)23(27(32)33)14-20-13-17(2)31(18(20)3)25-10-8-7-9-22(25)28(34)36-5/h7-15H,1-6H3/b23-14-. The number of carbonyl (C=O) groups excluding carboxylic acids is 3. The highest BCUT2D eigenvalue weighted by molar-refractivity contribution is 6.32. The zero-order valence-corrected chi connectivity index (χ0v) is 22.3. The van der Waals surface area contributed by atoms with Crippen molar-refractivity contribution >= 4 is 41.2 Å². The molecule has 1 aliphatic heterocycles. The minimum atomic E-state index is -0.609. The molecule has 0 bridgehead atoms. The zero-order chi connectivity index (χ0) is 27.0. The topological polar surface area (TPSA) is 77.8 Å². The van der Waals surface area contributed by atoms with Gasteiger partial charge >= 0.3 is 11.9 Å². The molecule has 0 N–H and O–H groups in total. The molecule has 1 aliphatic rings. The summed E-state index contributed by atoms with van der Waals surface area (Å²) < 4.78 is 11.9. The first-order valence-electron chi connectivity index (χ1n) is 11.6. The van der Waals surface area contributed by atoms with Gasteiger partial charge in [-0.15, -0.1) is 0 Å². The van der Waals surface area contributed by atoms with E-state index in [2.05, 4.69) is 0 Å². The van der Waals surface area contributed by atoms with E-state index >= 15 is 0 Å². The monoisotopic (exact) mass is 518 g/mol. The highest BCUT2D eigenvalue weighted by Crippen LogP contribution is 2.37. The van der Waals surface area contributed by atoms with Crippen molar-refractivity contribution in [2.24, 2.45) is 0 Å². The Bertz CT molecular complexity index is 1510. The van der Waals surface area contributed by atoms with Gasteiger partial charge in [-0.3, -0.25) is 9.69 Å². The number of methoxy groups -OCH3 is 2. The minimum absolute atomic E-state index is 0.184. The van der Waals surface area contributed by atoms with E-state index in [0.717, 1.165) is 22.5 Å². The van der Waals surface area contributed by atoms with Crippen LogP contribution in [0.2, 0.25) is 5.02 Å². The Morgan fingerprint density at radius 1 is 0.919 bits per heavy atom. The minimum Gasteiger partial charge on any atom is -0.465 e. The van der Waals surface area contributed by atoms with E-state index in [4.69, 9.17) is 21.1 Å². The van der Waals surface area contributed by atoms with Crippen LogP contribution in [0.25, 0.3) is 11.8 Å². The van der Waals surface area contributed by atoms with Crippen molar-refractivity contribution in [3.05, 3.63) is 98.5 Å². The van der Waals surface area contributed by atoms with E-state index in [1.54, 1.807) is 37.3 Å².